The zero-order chi connectivity index (χ0) is 49.4. The zero-order valence-corrected chi connectivity index (χ0v) is 34.9. The van der Waals surface area contributed by atoms with Gasteiger partial charge in [-0.3, -0.25) is 9.59 Å². The number of aliphatic hydroxyl groups excluding tert-OH is 2. The number of carboxylic acid groups (broad SMARTS) is 2. The van der Waals surface area contributed by atoms with Gasteiger partial charge in [0.2, 0.25) is 5.89 Å². The Morgan fingerprint density at radius 3 is 1.78 bits per heavy atom. The minimum atomic E-state index is -5.08. The van der Waals surface area contributed by atoms with Crippen LogP contribution in [-0.2, 0) is 34.4 Å². The van der Waals surface area contributed by atoms with Crippen LogP contribution in [0.2, 0.25) is 5.02 Å². The van der Waals surface area contributed by atoms with E-state index in [1.165, 1.54) is 31.9 Å². The topological polar surface area (TPSA) is 341 Å². The average molecular weight is 964 g/mol. The van der Waals surface area contributed by atoms with E-state index in [0.717, 1.165) is 5.56 Å². The molecule has 0 aliphatic carbocycles. The number of thioether (sulfide) groups is 1. The molecule has 0 amide bonds. The first kappa shape index (κ1) is 54.5. The second-order valence-electron chi connectivity index (χ2n) is 12.8. The van der Waals surface area contributed by atoms with Gasteiger partial charge in [0.15, 0.2) is 6.10 Å². The number of hydrogen-bond donors (Lipinski definition) is 7. The molecule has 0 saturated heterocycles. The van der Waals surface area contributed by atoms with Gasteiger partial charge in [0.25, 0.3) is 0 Å². The Morgan fingerprint density at radius 1 is 0.815 bits per heavy atom. The molecule has 19 nitrogen and oxygen atoms in total. The Labute approximate surface area is 372 Å². The lowest BCUT2D eigenvalue weighted by molar-refractivity contribution is -0.193. The first-order valence-corrected chi connectivity index (χ1v) is 19.1. The lowest BCUT2D eigenvalue weighted by Crippen LogP contribution is -2.46. The largest absolute Gasteiger partial charge is 0.490 e. The van der Waals surface area contributed by atoms with Crippen LogP contribution in [0.15, 0.2) is 64.2 Å². The van der Waals surface area contributed by atoms with Crippen molar-refractivity contribution in [3.8, 4) is 40.5 Å². The number of halogens is 7. The van der Waals surface area contributed by atoms with Crippen LogP contribution >= 0.6 is 23.4 Å². The summed E-state index contributed by atoms with van der Waals surface area (Å²) in [5.41, 5.74) is 19.7. The highest BCUT2D eigenvalue weighted by Gasteiger charge is 2.39. The van der Waals surface area contributed by atoms with Crippen LogP contribution in [0.3, 0.4) is 0 Å². The number of nitriles is 2. The number of rotatable bonds is 15. The van der Waals surface area contributed by atoms with Crippen LogP contribution in [0.5, 0.6) is 5.75 Å². The summed E-state index contributed by atoms with van der Waals surface area (Å²) in [4.78, 5) is 51.2. The van der Waals surface area contributed by atoms with Gasteiger partial charge in [-0.15, -0.1) is 0 Å². The number of hydrogen-bond acceptors (Lipinski definition) is 18. The second kappa shape index (κ2) is 24.4. The molecule has 0 aliphatic heterocycles. The molecule has 0 bridgehead atoms. The molecular weight excluding hydrogens is 928 g/mol. The number of pyridine rings is 1. The van der Waals surface area contributed by atoms with Gasteiger partial charge in [0, 0.05) is 21.9 Å². The molecule has 350 valence electrons. The molecule has 4 rings (SSSR count). The summed E-state index contributed by atoms with van der Waals surface area (Å²) in [6.45, 7) is 1.82. The number of nitrogen functional groups attached to an aromatic ring is 1. The zero-order valence-electron chi connectivity index (χ0n) is 33.3. The summed E-state index contributed by atoms with van der Waals surface area (Å²) in [5.74, 6) is -6.52. The number of nitrogens with two attached hydrogens (primary N) is 3. The number of esters is 2. The summed E-state index contributed by atoms with van der Waals surface area (Å²) in [6, 6.07) is 14.8. The van der Waals surface area contributed by atoms with Crippen LogP contribution in [0.4, 0.5) is 32.2 Å². The van der Waals surface area contributed by atoms with E-state index < -0.39 is 73.2 Å². The molecule has 0 spiro atoms. The fourth-order valence-electron chi connectivity index (χ4n) is 4.36. The number of nitrogens with zero attached hydrogens (tertiary/aromatic N) is 4. The van der Waals surface area contributed by atoms with Gasteiger partial charge in [-0.1, -0.05) is 35.5 Å². The summed E-state index contributed by atoms with van der Waals surface area (Å²) in [6.07, 6.45) is -12.2. The predicted octanol–water partition coefficient (Wildman–Crippen LogP) is 4.19. The third-order valence-electron chi connectivity index (χ3n) is 7.76. The van der Waals surface area contributed by atoms with Crippen LogP contribution in [0.1, 0.15) is 30.7 Å². The molecule has 0 fully saturated rings. The van der Waals surface area contributed by atoms with Crippen molar-refractivity contribution in [1.82, 2.24) is 9.97 Å². The first-order valence-electron chi connectivity index (χ1n) is 17.8. The first-order chi connectivity index (χ1) is 30.2. The highest BCUT2D eigenvalue weighted by molar-refractivity contribution is 7.98. The molecule has 2 unspecified atom stereocenters. The third-order valence-corrected chi connectivity index (χ3v) is 9.02. The lowest BCUT2D eigenvalue weighted by atomic mass is 9.97. The van der Waals surface area contributed by atoms with Gasteiger partial charge in [-0.25, -0.2) is 19.6 Å². The molecule has 0 saturated carbocycles. The van der Waals surface area contributed by atoms with Gasteiger partial charge in [-0.05, 0) is 55.8 Å². The van der Waals surface area contributed by atoms with Crippen molar-refractivity contribution >= 4 is 53.1 Å². The SMILES string of the molecule is CC(O)C(N)C(=O)O[C@H](COC(=O)[C@@H](N)[C@@H](C)O)COc1ccc(-c2c(C#N)c(N)nc(SCc3coc(-c4ccc(Cl)cc4)n3)c2C#N)cc1.O=C(O)C(F)(F)F.O=C(O)C(F)(F)F. The molecule has 0 radical (unpaired) electrons. The minimum absolute atomic E-state index is 0.00896. The number of aromatic nitrogens is 2. The molecule has 27 heteroatoms. The fraction of sp³-hybridized carbons (Fsp3) is 0.316. The van der Waals surface area contributed by atoms with E-state index in [1.54, 1.807) is 48.5 Å². The van der Waals surface area contributed by atoms with E-state index in [2.05, 4.69) is 16.0 Å². The maximum absolute atomic E-state index is 12.4. The number of carbonyl (C=O) groups excluding carboxylic acids is 2. The highest BCUT2D eigenvalue weighted by Crippen LogP contribution is 2.37. The van der Waals surface area contributed by atoms with Crippen molar-refractivity contribution in [3.63, 3.8) is 0 Å². The summed E-state index contributed by atoms with van der Waals surface area (Å²) >= 11 is 7.16. The van der Waals surface area contributed by atoms with E-state index in [1.807, 2.05) is 6.07 Å². The van der Waals surface area contributed by atoms with Crippen molar-refractivity contribution in [2.45, 2.75) is 67.4 Å². The lowest BCUT2D eigenvalue weighted by Gasteiger charge is -2.22. The number of aliphatic hydroxyl groups is 2. The van der Waals surface area contributed by atoms with E-state index >= 15 is 0 Å². The van der Waals surface area contributed by atoms with Crippen LogP contribution < -0.4 is 21.9 Å². The Kier molecular flexibility index (Phi) is 20.4. The smallest absolute Gasteiger partial charge is 0.490 e. The number of ether oxygens (including phenoxy) is 3. The highest BCUT2D eigenvalue weighted by atomic mass is 35.5. The number of benzene rings is 2. The standard InChI is InChI=1S/C34H34ClN7O8S.2C2HF3O2/c1-17(43)28(38)33(45)49-15-24(50-34(46)29(39)18(2)44)14-47-23-9-5-19(6-10-23)27-25(11-36)30(40)42-32(26(27)12-37)51-16-22-13-48-31(41-22)20-3-7-21(35)8-4-20;2*3-2(4,5)1(6)7/h3-10,13,17-18,24,28-29,43-44H,14-16,38-39H2,1-2H3,(H2,40,42);2*(H,6,7)/t17-,18?,24+,28+,29?;;/m1../s1. The van der Waals surface area contributed by atoms with Gasteiger partial charge in [-0.2, -0.15) is 36.9 Å². The van der Waals surface area contributed by atoms with Crippen molar-refractivity contribution in [1.29, 1.82) is 10.5 Å². The maximum atomic E-state index is 12.4. The summed E-state index contributed by atoms with van der Waals surface area (Å²) < 4.78 is 85.3. The van der Waals surface area contributed by atoms with Crippen molar-refractivity contribution in [2.75, 3.05) is 18.9 Å². The Morgan fingerprint density at radius 2 is 1.31 bits per heavy atom. The van der Waals surface area contributed by atoms with Gasteiger partial charge >= 0.3 is 36.2 Å². The average Bonchev–Trinajstić information content (AvgIpc) is 3.72. The van der Waals surface area contributed by atoms with E-state index in [9.17, 15) is 56.7 Å². The summed E-state index contributed by atoms with van der Waals surface area (Å²) in [7, 11) is 0. The third kappa shape index (κ3) is 17.1. The van der Waals surface area contributed by atoms with Crippen LogP contribution in [-0.4, -0.2) is 110 Å². The molecular formula is C38H36ClF6N7O12S. The Balaban J connectivity index is 0.000000894. The minimum Gasteiger partial charge on any atom is -0.490 e. The number of anilines is 1. The van der Waals surface area contributed by atoms with Gasteiger partial charge < -0.3 is 56.3 Å². The Bertz CT molecular complexity index is 2330. The number of carbonyl (C=O) groups is 4. The normalized spacial score (nSPS) is 13.3. The Hall–Kier alpha value is -6.68. The fourth-order valence-corrected chi connectivity index (χ4v) is 5.36. The van der Waals surface area contributed by atoms with Crippen LogP contribution in [0.25, 0.3) is 22.6 Å². The number of alkyl halides is 6. The number of oxazole rings is 1. The molecule has 65 heavy (non-hydrogen) atoms. The molecule has 0 aliphatic rings. The molecule has 2 aromatic carbocycles. The number of aliphatic carboxylic acids is 2. The van der Waals surface area contributed by atoms with E-state index in [-0.39, 0.29) is 45.6 Å². The molecule has 2 aromatic heterocycles. The predicted molar refractivity (Wildman–Crippen MR) is 213 cm³/mol. The van der Waals surface area contributed by atoms with E-state index in [0.29, 0.717) is 22.2 Å². The molecule has 4 aromatic rings. The van der Waals surface area contributed by atoms with E-state index in [4.69, 9.17) is 67.2 Å². The summed E-state index contributed by atoms with van der Waals surface area (Å²) in [5, 5.41) is 54.5. The number of carboxylic acids is 2. The monoisotopic (exact) mass is 963 g/mol. The van der Waals surface area contributed by atoms with Crippen molar-refractivity contribution in [3.05, 3.63) is 76.6 Å². The van der Waals surface area contributed by atoms with Crippen molar-refractivity contribution < 1.29 is 84.6 Å². The van der Waals surface area contributed by atoms with Gasteiger partial charge in [0.05, 0.1) is 23.5 Å². The molecule has 2 heterocycles. The van der Waals surface area contributed by atoms with Crippen molar-refractivity contribution in [2.24, 2.45) is 11.5 Å². The quantitative estimate of drug-likeness (QED) is 0.0499. The maximum Gasteiger partial charge on any atom is 0.490 e. The molecule has 10 N–H and O–H groups in total. The second-order valence-corrected chi connectivity index (χ2v) is 14.2. The molecule has 5 atom stereocenters. The van der Waals surface area contributed by atoms with Gasteiger partial charge in [0.1, 0.15) is 65.9 Å². The van der Waals surface area contributed by atoms with Crippen LogP contribution in [0, 0.1) is 22.7 Å².